The molecular weight excluding hydrogens is 350 g/mol. The summed E-state index contributed by atoms with van der Waals surface area (Å²) in [6.07, 6.45) is 0. The summed E-state index contributed by atoms with van der Waals surface area (Å²) in [5, 5.41) is 4.10. The highest BCUT2D eigenvalue weighted by Gasteiger charge is 2.15. The van der Waals surface area contributed by atoms with Gasteiger partial charge in [-0.25, -0.2) is 18.6 Å². The Kier molecular flexibility index (Phi) is 6.28. The number of hydrogen-bond acceptors (Lipinski definition) is 4. The van der Waals surface area contributed by atoms with Gasteiger partial charge in [-0.05, 0) is 51.0 Å². The third kappa shape index (κ3) is 5.00. The molecule has 0 aliphatic heterocycles. The summed E-state index contributed by atoms with van der Waals surface area (Å²) in [5.74, 6) is -0.536. The maximum atomic E-state index is 12.1. The first-order chi connectivity index (χ1) is 12.2. The van der Waals surface area contributed by atoms with Crippen LogP contribution in [0.2, 0.25) is 0 Å². The molecule has 138 valence electrons. The molecule has 6 nitrogen and oxygen atoms in total. The van der Waals surface area contributed by atoms with E-state index in [2.05, 4.69) is 27.4 Å². The zero-order chi connectivity index (χ0) is 19.3. The van der Waals surface area contributed by atoms with Crippen LogP contribution in [0.5, 0.6) is 0 Å². The molecule has 0 aliphatic rings. The highest BCUT2D eigenvalue weighted by Crippen LogP contribution is 2.17. The molecule has 0 saturated heterocycles. The second-order valence-corrected chi connectivity index (χ2v) is 7.91. The van der Waals surface area contributed by atoms with Crippen molar-refractivity contribution in [2.75, 3.05) is 6.54 Å². The van der Waals surface area contributed by atoms with Crippen molar-refractivity contribution in [3.8, 4) is 0 Å². The van der Waals surface area contributed by atoms with Gasteiger partial charge in [0.2, 0.25) is 10.0 Å². The zero-order valence-electron chi connectivity index (χ0n) is 15.3. The van der Waals surface area contributed by atoms with Gasteiger partial charge in [-0.3, -0.25) is 4.79 Å². The summed E-state index contributed by atoms with van der Waals surface area (Å²) in [7, 11) is -3.72. The number of nitrogens with one attached hydrogen (secondary N) is 2. The highest BCUT2D eigenvalue weighted by molar-refractivity contribution is 7.89. The fraction of sp³-hybridized carbons (Fsp3) is 0.263. The Morgan fingerprint density at radius 1 is 1.04 bits per heavy atom. The van der Waals surface area contributed by atoms with E-state index < -0.39 is 15.9 Å². The molecule has 0 aliphatic carbocycles. The Balaban J connectivity index is 2.01. The summed E-state index contributed by atoms with van der Waals surface area (Å²) in [6.45, 7) is 7.42. The van der Waals surface area contributed by atoms with Gasteiger partial charge in [0.1, 0.15) is 0 Å². The first kappa shape index (κ1) is 19.8. The van der Waals surface area contributed by atoms with Crippen LogP contribution >= 0.6 is 0 Å². The molecule has 2 N–H and O–H groups in total. The maximum absolute atomic E-state index is 12.1. The molecule has 0 bridgehead atoms. The Hall–Kier alpha value is -2.51. The number of carbonyl (C=O) groups excluding carboxylic acids is 1. The van der Waals surface area contributed by atoms with Gasteiger partial charge >= 0.3 is 0 Å². The average molecular weight is 373 g/mol. The van der Waals surface area contributed by atoms with Crippen molar-refractivity contribution in [2.45, 2.75) is 32.6 Å². The molecule has 0 unspecified atom stereocenters. The standard InChI is InChI=1S/C19H23N3O3S/c1-13-10-14(2)19(15(3)11-13)16(4)21-22-18(23)12-20-26(24,25)17-8-6-5-7-9-17/h5-11,20H,12H2,1-4H3,(H,22,23)/b21-16-. The number of amides is 1. The minimum Gasteiger partial charge on any atom is -0.272 e. The molecule has 0 saturated carbocycles. The Bertz CT molecular complexity index is 913. The van der Waals surface area contributed by atoms with Crippen molar-refractivity contribution in [1.82, 2.24) is 10.1 Å². The van der Waals surface area contributed by atoms with Crippen LogP contribution in [0.25, 0.3) is 0 Å². The number of sulfonamides is 1. The molecule has 0 atom stereocenters. The van der Waals surface area contributed by atoms with Crippen molar-refractivity contribution in [2.24, 2.45) is 5.10 Å². The van der Waals surface area contributed by atoms with Crippen LogP contribution in [0.15, 0.2) is 52.5 Å². The number of nitrogens with zero attached hydrogens (tertiary/aromatic N) is 1. The normalized spacial score (nSPS) is 12.1. The van der Waals surface area contributed by atoms with E-state index in [1.54, 1.807) is 25.1 Å². The minimum absolute atomic E-state index is 0.110. The predicted octanol–water partition coefficient (Wildman–Crippen LogP) is 2.43. The fourth-order valence-electron chi connectivity index (χ4n) is 2.84. The lowest BCUT2D eigenvalue weighted by atomic mass is 9.97. The number of benzene rings is 2. The van der Waals surface area contributed by atoms with Crippen LogP contribution in [-0.4, -0.2) is 26.6 Å². The quantitative estimate of drug-likeness (QED) is 0.602. The van der Waals surface area contributed by atoms with Crippen LogP contribution in [0.1, 0.15) is 29.2 Å². The van der Waals surface area contributed by atoms with Gasteiger partial charge in [0, 0.05) is 5.56 Å². The van der Waals surface area contributed by atoms with Crippen molar-refractivity contribution < 1.29 is 13.2 Å². The van der Waals surface area contributed by atoms with Crippen LogP contribution in [0, 0.1) is 20.8 Å². The van der Waals surface area contributed by atoms with Crippen LogP contribution in [0.4, 0.5) is 0 Å². The van der Waals surface area contributed by atoms with E-state index in [1.807, 2.05) is 20.8 Å². The Morgan fingerprint density at radius 2 is 1.62 bits per heavy atom. The predicted molar refractivity (Wildman–Crippen MR) is 103 cm³/mol. The third-order valence-electron chi connectivity index (χ3n) is 3.86. The van der Waals surface area contributed by atoms with Crippen molar-refractivity contribution >= 4 is 21.6 Å². The lowest BCUT2D eigenvalue weighted by Gasteiger charge is -2.11. The maximum Gasteiger partial charge on any atom is 0.255 e. The summed E-state index contributed by atoms with van der Waals surface area (Å²) in [6, 6.07) is 12.0. The molecule has 0 fully saturated rings. The number of hydrazone groups is 1. The van der Waals surface area contributed by atoms with Crippen LogP contribution in [-0.2, 0) is 14.8 Å². The molecule has 1 amide bonds. The summed E-state index contributed by atoms with van der Waals surface area (Å²) in [5.41, 5.74) is 7.34. The molecule has 0 aromatic heterocycles. The number of hydrogen-bond donors (Lipinski definition) is 2. The van der Waals surface area contributed by atoms with Crippen molar-refractivity contribution in [3.05, 3.63) is 64.7 Å². The van der Waals surface area contributed by atoms with Gasteiger partial charge in [0.15, 0.2) is 0 Å². The van der Waals surface area contributed by atoms with E-state index in [-0.39, 0.29) is 11.4 Å². The first-order valence-corrected chi connectivity index (χ1v) is 9.65. The van der Waals surface area contributed by atoms with Crippen molar-refractivity contribution in [1.29, 1.82) is 0 Å². The molecular formula is C19H23N3O3S. The molecule has 2 rings (SSSR count). The van der Waals surface area contributed by atoms with Gasteiger partial charge in [-0.15, -0.1) is 0 Å². The third-order valence-corrected chi connectivity index (χ3v) is 5.28. The van der Waals surface area contributed by atoms with Crippen LogP contribution in [0.3, 0.4) is 0 Å². The first-order valence-electron chi connectivity index (χ1n) is 8.17. The molecule has 7 heteroatoms. The summed E-state index contributed by atoms with van der Waals surface area (Å²) in [4.78, 5) is 12.0. The largest absolute Gasteiger partial charge is 0.272 e. The molecule has 26 heavy (non-hydrogen) atoms. The fourth-order valence-corrected chi connectivity index (χ4v) is 3.84. The molecule has 2 aromatic carbocycles. The van der Waals surface area contributed by atoms with Crippen LogP contribution < -0.4 is 10.1 Å². The Labute approximate surface area is 154 Å². The molecule has 0 radical (unpaired) electrons. The van der Waals surface area contributed by atoms with E-state index in [4.69, 9.17) is 0 Å². The molecule has 0 spiro atoms. The highest BCUT2D eigenvalue weighted by atomic mass is 32.2. The Morgan fingerprint density at radius 3 is 2.19 bits per heavy atom. The van der Waals surface area contributed by atoms with E-state index in [1.165, 1.54) is 12.1 Å². The van der Waals surface area contributed by atoms with E-state index in [0.717, 1.165) is 22.3 Å². The zero-order valence-corrected chi connectivity index (χ0v) is 16.1. The smallest absolute Gasteiger partial charge is 0.255 e. The summed E-state index contributed by atoms with van der Waals surface area (Å²) >= 11 is 0. The second-order valence-electron chi connectivity index (χ2n) is 6.14. The van der Waals surface area contributed by atoms with Gasteiger partial charge in [0.05, 0.1) is 17.2 Å². The second kappa shape index (κ2) is 8.25. The van der Waals surface area contributed by atoms with Gasteiger partial charge in [0.25, 0.3) is 5.91 Å². The van der Waals surface area contributed by atoms with Gasteiger partial charge < -0.3 is 0 Å². The van der Waals surface area contributed by atoms with Gasteiger partial charge in [-0.2, -0.15) is 5.10 Å². The van der Waals surface area contributed by atoms with Gasteiger partial charge in [-0.1, -0.05) is 35.9 Å². The van der Waals surface area contributed by atoms with Crippen molar-refractivity contribution in [3.63, 3.8) is 0 Å². The number of rotatable bonds is 6. The lowest BCUT2D eigenvalue weighted by Crippen LogP contribution is -2.35. The van der Waals surface area contributed by atoms with E-state index in [0.29, 0.717) is 5.71 Å². The van der Waals surface area contributed by atoms with E-state index >= 15 is 0 Å². The average Bonchev–Trinajstić information content (AvgIpc) is 2.58. The monoisotopic (exact) mass is 373 g/mol. The van der Waals surface area contributed by atoms with E-state index in [9.17, 15) is 13.2 Å². The SMILES string of the molecule is C/C(=N/NC(=O)CNS(=O)(=O)c1ccccc1)c1c(C)cc(C)cc1C. The number of carbonyl (C=O) groups is 1. The molecule has 0 heterocycles. The summed E-state index contributed by atoms with van der Waals surface area (Å²) < 4.78 is 26.4. The topological polar surface area (TPSA) is 87.6 Å². The lowest BCUT2D eigenvalue weighted by molar-refractivity contribution is -0.119. The molecule has 2 aromatic rings. The minimum atomic E-state index is -3.72. The number of aryl methyl sites for hydroxylation is 3.